The zero-order valence-electron chi connectivity index (χ0n) is 8.63. The highest BCUT2D eigenvalue weighted by molar-refractivity contribution is 6.25. The predicted octanol–water partition coefficient (Wildman–Crippen LogP) is 1.33. The molecule has 0 aromatic rings. The van der Waals surface area contributed by atoms with Gasteiger partial charge in [0.05, 0.1) is 6.10 Å². The lowest BCUT2D eigenvalue weighted by molar-refractivity contribution is 0.131. The smallest absolute Gasteiger partial charge is 0.396 e. The summed E-state index contributed by atoms with van der Waals surface area (Å²) in [6.07, 6.45) is 3.16. The van der Waals surface area contributed by atoms with Crippen molar-refractivity contribution in [2.45, 2.75) is 45.8 Å². The molecule has 1 aliphatic heterocycles. The summed E-state index contributed by atoms with van der Waals surface area (Å²) in [6, 6.07) is 0.571. The average Bonchev–Trinajstić information content (AvgIpc) is 2.63. The van der Waals surface area contributed by atoms with E-state index >= 15 is 0 Å². The van der Waals surface area contributed by atoms with Gasteiger partial charge in [0, 0.05) is 6.04 Å². The quantitative estimate of drug-likeness (QED) is 0.565. The molecule has 13 heavy (non-hydrogen) atoms. The van der Waals surface area contributed by atoms with Gasteiger partial charge in [0.1, 0.15) is 0 Å². The summed E-state index contributed by atoms with van der Waals surface area (Å²) >= 11 is 0. The van der Waals surface area contributed by atoms with Crippen molar-refractivity contribution >= 4 is 7.62 Å². The van der Waals surface area contributed by atoms with E-state index in [1.54, 1.807) is 7.62 Å². The molecule has 2 aliphatic carbocycles. The topological polar surface area (TPSA) is 21.3 Å². The molecule has 4 atom stereocenters. The van der Waals surface area contributed by atoms with Crippen molar-refractivity contribution in [3.63, 3.8) is 0 Å². The van der Waals surface area contributed by atoms with Crippen molar-refractivity contribution in [1.29, 1.82) is 0 Å². The van der Waals surface area contributed by atoms with Crippen LogP contribution in [-0.4, -0.2) is 19.8 Å². The largest absolute Gasteiger partial charge is 0.419 e. The molecule has 1 N–H and O–H groups in total. The Morgan fingerprint density at radius 1 is 1.38 bits per heavy atom. The summed E-state index contributed by atoms with van der Waals surface area (Å²) in [6.45, 7) is 7.25. The van der Waals surface area contributed by atoms with E-state index in [1.165, 1.54) is 12.8 Å². The molecule has 2 saturated carbocycles. The molecule has 3 aliphatic rings. The number of rotatable bonds is 0. The summed E-state index contributed by atoms with van der Waals surface area (Å²) in [5, 5.41) is 3.40. The van der Waals surface area contributed by atoms with Crippen molar-refractivity contribution in [2.75, 3.05) is 0 Å². The van der Waals surface area contributed by atoms with E-state index in [2.05, 4.69) is 26.0 Å². The second-order valence-corrected chi connectivity index (χ2v) is 5.65. The van der Waals surface area contributed by atoms with Gasteiger partial charge in [-0.05, 0) is 29.6 Å². The first-order valence-corrected chi connectivity index (χ1v) is 5.30. The molecule has 1 heterocycles. The molecule has 2 bridgehead atoms. The van der Waals surface area contributed by atoms with Crippen LogP contribution in [0.1, 0.15) is 33.6 Å². The molecule has 0 aromatic heterocycles. The molecule has 1 saturated heterocycles. The first-order valence-electron chi connectivity index (χ1n) is 5.30. The average molecular weight is 178 g/mol. The normalized spacial score (nSPS) is 56.4. The van der Waals surface area contributed by atoms with Gasteiger partial charge in [-0.2, -0.15) is 0 Å². The van der Waals surface area contributed by atoms with Crippen molar-refractivity contribution < 1.29 is 4.65 Å². The summed E-state index contributed by atoms with van der Waals surface area (Å²) in [7, 11) is 1.81. The predicted molar refractivity (Wildman–Crippen MR) is 52.2 cm³/mol. The van der Waals surface area contributed by atoms with Gasteiger partial charge >= 0.3 is 7.62 Å². The molecular formula is C10H17BNO. The molecule has 71 valence electrons. The Hall–Kier alpha value is -0.0151. The van der Waals surface area contributed by atoms with E-state index in [9.17, 15) is 0 Å². The Balaban J connectivity index is 2.07. The molecule has 0 amide bonds. The summed E-state index contributed by atoms with van der Waals surface area (Å²) in [5.74, 6) is 0.758. The van der Waals surface area contributed by atoms with Crippen molar-refractivity contribution in [2.24, 2.45) is 16.7 Å². The third-order valence-electron chi connectivity index (χ3n) is 5.26. The zero-order valence-corrected chi connectivity index (χ0v) is 8.63. The Labute approximate surface area is 80.7 Å². The monoisotopic (exact) mass is 178 g/mol. The lowest BCUT2D eigenvalue weighted by Crippen LogP contribution is -2.45. The molecule has 0 spiro atoms. The molecular weight excluding hydrogens is 161 g/mol. The van der Waals surface area contributed by atoms with Crippen LogP contribution in [0.2, 0.25) is 0 Å². The first kappa shape index (κ1) is 8.31. The van der Waals surface area contributed by atoms with Crippen LogP contribution in [0.25, 0.3) is 0 Å². The van der Waals surface area contributed by atoms with Gasteiger partial charge in [0.15, 0.2) is 0 Å². The van der Waals surface area contributed by atoms with E-state index in [0.29, 0.717) is 23.0 Å². The maximum atomic E-state index is 5.68. The standard InChI is InChI=1S/C10H17BNO/c1-9(2)6-4-5-10(9,3)8-7(6)13-11-12-8/h6-8,12H,4-5H2,1-3H3/t6-,7+,8+,10+/m1/s1. The maximum absolute atomic E-state index is 5.68. The number of nitrogens with one attached hydrogen (secondary N) is 1. The zero-order chi connectivity index (χ0) is 9.27. The third kappa shape index (κ3) is 0.711. The van der Waals surface area contributed by atoms with Crippen molar-refractivity contribution in [3.8, 4) is 0 Å². The minimum atomic E-state index is 0.440. The summed E-state index contributed by atoms with van der Waals surface area (Å²) in [5.41, 5.74) is 0.888. The highest BCUT2D eigenvalue weighted by Gasteiger charge is 2.67. The molecule has 2 nitrogen and oxygen atoms in total. The fourth-order valence-electron chi connectivity index (χ4n) is 3.93. The highest BCUT2D eigenvalue weighted by atomic mass is 16.5. The van der Waals surface area contributed by atoms with E-state index in [-0.39, 0.29) is 0 Å². The third-order valence-corrected chi connectivity index (χ3v) is 5.26. The minimum absolute atomic E-state index is 0.440. The second kappa shape index (κ2) is 2.14. The molecule has 3 rings (SSSR count). The fourth-order valence-corrected chi connectivity index (χ4v) is 3.93. The van der Waals surface area contributed by atoms with E-state index in [1.807, 2.05) is 0 Å². The van der Waals surface area contributed by atoms with Crippen LogP contribution in [0.15, 0.2) is 0 Å². The molecule has 0 unspecified atom stereocenters. The lowest BCUT2D eigenvalue weighted by atomic mass is 9.69. The molecule has 3 heteroatoms. The second-order valence-electron chi connectivity index (χ2n) is 5.65. The number of hydrogen-bond acceptors (Lipinski definition) is 2. The Kier molecular flexibility index (Phi) is 1.37. The van der Waals surface area contributed by atoms with Gasteiger partial charge in [0.2, 0.25) is 0 Å². The number of hydrogen-bond donors (Lipinski definition) is 1. The molecule has 0 aromatic carbocycles. The molecule has 3 fully saturated rings. The van der Waals surface area contributed by atoms with Crippen LogP contribution >= 0.6 is 0 Å². The van der Waals surface area contributed by atoms with Gasteiger partial charge in [-0.3, -0.25) is 0 Å². The van der Waals surface area contributed by atoms with Gasteiger partial charge < -0.3 is 9.88 Å². The van der Waals surface area contributed by atoms with Crippen LogP contribution in [0, 0.1) is 16.7 Å². The van der Waals surface area contributed by atoms with Crippen LogP contribution in [0.4, 0.5) is 0 Å². The van der Waals surface area contributed by atoms with Gasteiger partial charge in [-0.1, -0.05) is 20.8 Å². The van der Waals surface area contributed by atoms with Gasteiger partial charge in [-0.25, -0.2) is 0 Å². The van der Waals surface area contributed by atoms with Crippen LogP contribution in [-0.2, 0) is 4.65 Å². The highest BCUT2D eigenvalue weighted by Crippen LogP contribution is 2.66. The van der Waals surface area contributed by atoms with Crippen molar-refractivity contribution in [3.05, 3.63) is 0 Å². The van der Waals surface area contributed by atoms with Crippen LogP contribution in [0.5, 0.6) is 0 Å². The van der Waals surface area contributed by atoms with Gasteiger partial charge in [0.25, 0.3) is 0 Å². The maximum Gasteiger partial charge on any atom is 0.396 e. The van der Waals surface area contributed by atoms with Crippen LogP contribution < -0.4 is 5.23 Å². The fraction of sp³-hybridized carbons (Fsp3) is 1.00. The Bertz CT molecular complexity index is 253. The lowest BCUT2D eigenvalue weighted by Gasteiger charge is -2.38. The first-order chi connectivity index (χ1) is 6.07. The van der Waals surface area contributed by atoms with Gasteiger partial charge in [-0.15, -0.1) is 0 Å². The Morgan fingerprint density at radius 3 is 2.85 bits per heavy atom. The van der Waals surface area contributed by atoms with Crippen molar-refractivity contribution in [1.82, 2.24) is 5.23 Å². The van der Waals surface area contributed by atoms with E-state index in [4.69, 9.17) is 4.65 Å². The molecule has 1 radical (unpaired) electrons. The SMILES string of the molecule is CC1(C)[C@@H]2CC[C@@]1(C)[C@H]1N[B]O[C@@H]21. The van der Waals surface area contributed by atoms with Crippen LogP contribution in [0.3, 0.4) is 0 Å². The van der Waals surface area contributed by atoms with E-state index < -0.39 is 0 Å². The summed E-state index contributed by atoms with van der Waals surface area (Å²) < 4.78 is 5.68. The minimum Gasteiger partial charge on any atom is -0.419 e. The number of fused-ring (bicyclic) bond motifs is 5. The van der Waals surface area contributed by atoms with E-state index in [0.717, 1.165) is 5.92 Å². The summed E-state index contributed by atoms with van der Waals surface area (Å²) in [4.78, 5) is 0. The Morgan fingerprint density at radius 2 is 2.15 bits per heavy atom.